The predicted octanol–water partition coefficient (Wildman–Crippen LogP) is 0.897. The first-order valence-electron chi connectivity index (χ1n) is 8.40. The highest BCUT2D eigenvalue weighted by Crippen LogP contribution is 2.24. The lowest BCUT2D eigenvalue weighted by molar-refractivity contribution is -0.159. The Morgan fingerprint density at radius 2 is 2.04 bits per heavy atom. The molecule has 0 aliphatic carbocycles. The van der Waals surface area contributed by atoms with Crippen LogP contribution in [0.4, 0.5) is 0 Å². The van der Waals surface area contributed by atoms with Crippen LogP contribution in [0.1, 0.15) is 24.8 Å². The largest absolute Gasteiger partial charge is 0.395 e. The number of rotatable bonds is 8. The zero-order valence-corrected chi connectivity index (χ0v) is 13.9. The Morgan fingerprint density at radius 1 is 1.30 bits per heavy atom. The number of hydrogen-bond acceptors (Lipinski definition) is 4. The van der Waals surface area contributed by atoms with E-state index in [2.05, 4.69) is 12.1 Å². The van der Waals surface area contributed by atoms with E-state index in [0.717, 1.165) is 25.8 Å². The second-order valence-electron chi connectivity index (χ2n) is 6.48. The molecule has 1 amide bonds. The Labute approximate surface area is 138 Å². The van der Waals surface area contributed by atoms with E-state index in [1.165, 1.54) is 5.56 Å². The highest BCUT2D eigenvalue weighted by atomic mass is 16.3. The van der Waals surface area contributed by atoms with Gasteiger partial charge in [-0.25, -0.2) is 0 Å². The van der Waals surface area contributed by atoms with Crippen molar-refractivity contribution in [3.8, 4) is 0 Å². The molecule has 5 nitrogen and oxygen atoms in total. The fourth-order valence-corrected chi connectivity index (χ4v) is 3.24. The van der Waals surface area contributed by atoms with Crippen molar-refractivity contribution >= 4 is 5.91 Å². The van der Waals surface area contributed by atoms with Crippen LogP contribution in [0.25, 0.3) is 0 Å². The van der Waals surface area contributed by atoms with Gasteiger partial charge in [0, 0.05) is 26.2 Å². The van der Waals surface area contributed by atoms with E-state index in [1.807, 2.05) is 30.1 Å². The quantitative estimate of drug-likeness (QED) is 0.747. The summed E-state index contributed by atoms with van der Waals surface area (Å²) in [5.74, 6) is -0.165. The van der Waals surface area contributed by atoms with Crippen molar-refractivity contribution in [3.63, 3.8) is 0 Å². The molecule has 1 aromatic rings. The lowest BCUT2D eigenvalue weighted by atomic mass is 9.91. The Bertz CT molecular complexity index is 494. The molecule has 0 bridgehead atoms. The summed E-state index contributed by atoms with van der Waals surface area (Å²) in [6.07, 6.45) is 3.16. The first-order chi connectivity index (χ1) is 11.0. The summed E-state index contributed by atoms with van der Waals surface area (Å²) in [5.41, 5.74) is -0.0375. The van der Waals surface area contributed by atoms with E-state index in [0.29, 0.717) is 19.5 Å². The molecule has 5 heteroatoms. The van der Waals surface area contributed by atoms with Gasteiger partial charge < -0.3 is 20.0 Å². The molecule has 0 aromatic heterocycles. The van der Waals surface area contributed by atoms with E-state index in [9.17, 15) is 9.90 Å². The van der Waals surface area contributed by atoms with Gasteiger partial charge in [-0.3, -0.25) is 4.79 Å². The SMILES string of the molecule is CN(CCO)C[C@@]1(O)CCCN(CCCc2ccccc2)C1=O. The van der Waals surface area contributed by atoms with Crippen molar-refractivity contribution in [3.05, 3.63) is 35.9 Å². The van der Waals surface area contributed by atoms with Crippen LogP contribution in [0.5, 0.6) is 0 Å². The molecular formula is C18H28N2O3. The van der Waals surface area contributed by atoms with Crippen LogP contribution in [-0.2, 0) is 11.2 Å². The number of nitrogens with zero attached hydrogens (tertiary/aromatic N) is 2. The average Bonchev–Trinajstić information content (AvgIpc) is 2.53. The Balaban J connectivity index is 1.86. The van der Waals surface area contributed by atoms with Crippen LogP contribution in [0.2, 0.25) is 0 Å². The molecule has 2 N–H and O–H groups in total. The molecule has 1 atom stereocenters. The summed E-state index contributed by atoms with van der Waals surface area (Å²) in [6.45, 7) is 2.17. The zero-order chi connectivity index (χ0) is 16.7. The summed E-state index contributed by atoms with van der Waals surface area (Å²) in [4.78, 5) is 16.2. The maximum absolute atomic E-state index is 12.6. The van der Waals surface area contributed by atoms with Crippen molar-refractivity contribution < 1.29 is 15.0 Å². The van der Waals surface area contributed by atoms with Crippen LogP contribution >= 0.6 is 0 Å². The monoisotopic (exact) mass is 320 g/mol. The molecule has 1 aromatic carbocycles. The van der Waals surface area contributed by atoms with E-state index in [4.69, 9.17) is 5.11 Å². The number of likely N-dealkylation sites (N-methyl/N-ethyl adjacent to an activating group) is 1. The standard InChI is InChI=1S/C18H28N2O3/c1-19(13-14-21)15-18(23)10-6-12-20(17(18)22)11-5-9-16-7-3-2-4-8-16/h2-4,7-8,21,23H,5-6,9-15H2,1H3/t18-/m0/s1. The maximum Gasteiger partial charge on any atom is 0.255 e. The highest BCUT2D eigenvalue weighted by Gasteiger charge is 2.42. The molecule has 1 fully saturated rings. The lowest BCUT2D eigenvalue weighted by Gasteiger charge is -2.40. The lowest BCUT2D eigenvalue weighted by Crippen LogP contribution is -2.58. The van der Waals surface area contributed by atoms with Gasteiger partial charge in [-0.15, -0.1) is 0 Å². The number of amides is 1. The summed E-state index contributed by atoms with van der Waals surface area (Å²) < 4.78 is 0. The van der Waals surface area contributed by atoms with Crippen LogP contribution in [0.3, 0.4) is 0 Å². The van der Waals surface area contributed by atoms with Gasteiger partial charge in [0.05, 0.1) is 6.61 Å². The molecule has 0 unspecified atom stereocenters. The molecule has 0 radical (unpaired) electrons. The number of carbonyl (C=O) groups is 1. The van der Waals surface area contributed by atoms with E-state index in [1.54, 1.807) is 4.90 Å². The minimum atomic E-state index is -1.31. The molecule has 128 valence electrons. The zero-order valence-electron chi connectivity index (χ0n) is 13.9. The van der Waals surface area contributed by atoms with Gasteiger partial charge >= 0.3 is 0 Å². The molecule has 1 saturated heterocycles. The maximum atomic E-state index is 12.6. The van der Waals surface area contributed by atoms with Crippen LogP contribution in [0.15, 0.2) is 30.3 Å². The van der Waals surface area contributed by atoms with Crippen molar-refractivity contribution in [1.29, 1.82) is 0 Å². The molecule has 1 heterocycles. The fourth-order valence-electron chi connectivity index (χ4n) is 3.24. The van der Waals surface area contributed by atoms with E-state index < -0.39 is 5.60 Å². The first kappa shape index (κ1) is 17.9. The molecule has 23 heavy (non-hydrogen) atoms. The third-order valence-electron chi connectivity index (χ3n) is 4.45. The number of piperidine rings is 1. The van der Waals surface area contributed by atoms with Gasteiger partial charge in [0.15, 0.2) is 5.60 Å². The minimum Gasteiger partial charge on any atom is -0.395 e. The summed E-state index contributed by atoms with van der Waals surface area (Å²) in [6, 6.07) is 10.2. The third kappa shape index (κ3) is 5.03. The van der Waals surface area contributed by atoms with E-state index in [-0.39, 0.29) is 19.1 Å². The van der Waals surface area contributed by atoms with Gasteiger partial charge in [-0.05, 0) is 38.3 Å². The van der Waals surface area contributed by atoms with Gasteiger partial charge in [0.1, 0.15) is 0 Å². The van der Waals surface area contributed by atoms with Crippen LogP contribution < -0.4 is 0 Å². The molecule has 2 rings (SSSR count). The van der Waals surface area contributed by atoms with Crippen molar-refractivity contribution in [2.75, 3.05) is 39.8 Å². The van der Waals surface area contributed by atoms with E-state index >= 15 is 0 Å². The Hall–Kier alpha value is -1.43. The smallest absolute Gasteiger partial charge is 0.255 e. The number of benzene rings is 1. The third-order valence-corrected chi connectivity index (χ3v) is 4.45. The Kier molecular flexibility index (Phi) is 6.57. The average molecular weight is 320 g/mol. The van der Waals surface area contributed by atoms with Crippen molar-refractivity contribution in [1.82, 2.24) is 9.80 Å². The summed E-state index contributed by atoms with van der Waals surface area (Å²) in [7, 11) is 1.82. The number of hydrogen-bond donors (Lipinski definition) is 2. The molecule has 1 aliphatic rings. The highest BCUT2D eigenvalue weighted by molar-refractivity contribution is 5.86. The van der Waals surface area contributed by atoms with Crippen molar-refractivity contribution in [2.45, 2.75) is 31.3 Å². The fraction of sp³-hybridized carbons (Fsp3) is 0.611. The normalized spacial score (nSPS) is 21.9. The summed E-state index contributed by atoms with van der Waals surface area (Å²) >= 11 is 0. The van der Waals surface area contributed by atoms with Crippen molar-refractivity contribution in [2.24, 2.45) is 0 Å². The molecule has 0 spiro atoms. The number of aliphatic hydroxyl groups excluding tert-OH is 1. The van der Waals surface area contributed by atoms with Crippen LogP contribution in [0, 0.1) is 0 Å². The minimum absolute atomic E-state index is 0.0293. The topological polar surface area (TPSA) is 64.0 Å². The van der Waals surface area contributed by atoms with Crippen LogP contribution in [-0.4, -0.2) is 71.4 Å². The number of likely N-dealkylation sites (tertiary alicyclic amines) is 1. The predicted molar refractivity (Wildman–Crippen MR) is 90.1 cm³/mol. The number of aryl methyl sites for hydroxylation is 1. The Morgan fingerprint density at radius 3 is 2.74 bits per heavy atom. The van der Waals surface area contributed by atoms with Gasteiger partial charge in [0.25, 0.3) is 5.91 Å². The molecular weight excluding hydrogens is 292 g/mol. The first-order valence-corrected chi connectivity index (χ1v) is 8.40. The number of aliphatic hydroxyl groups is 2. The summed E-state index contributed by atoms with van der Waals surface area (Å²) in [5, 5.41) is 19.7. The number of carbonyl (C=O) groups excluding carboxylic acids is 1. The van der Waals surface area contributed by atoms with Gasteiger partial charge in [0.2, 0.25) is 0 Å². The second-order valence-corrected chi connectivity index (χ2v) is 6.48. The second kappa shape index (κ2) is 8.43. The molecule has 1 aliphatic heterocycles. The van der Waals surface area contributed by atoms with Gasteiger partial charge in [-0.1, -0.05) is 30.3 Å². The van der Waals surface area contributed by atoms with Gasteiger partial charge in [-0.2, -0.15) is 0 Å². The molecule has 0 saturated carbocycles.